The molecule has 0 radical (unpaired) electrons. The van der Waals surface area contributed by atoms with Crippen LogP contribution in [0, 0.1) is 0 Å². The Balaban J connectivity index is 2.64. The van der Waals surface area contributed by atoms with Crippen molar-refractivity contribution < 1.29 is 27.4 Å². The minimum atomic E-state index is -3.38. The van der Waals surface area contributed by atoms with Crippen molar-refractivity contribution >= 4 is 5.91 Å². The topological polar surface area (TPSA) is 61.6 Å². The van der Waals surface area contributed by atoms with Gasteiger partial charge in [0, 0.05) is 0 Å². The Morgan fingerprint density at radius 1 is 1.18 bits per heavy atom. The van der Waals surface area contributed by atoms with E-state index in [1.165, 1.54) is 12.1 Å². The van der Waals surface area contributed by atoms with Crippen LogP contribution in [0.5, 0.6) is 5.75 Å². The van der Waals surface area contributed by atoms with Crippen LogP contribution in [-0.2, 0) is 9.53 Å². The Morgan fingerprint density at radius 3 is 2.24 bits per heavy atom. The fraction of sp³-hybridized carbons (Fsp3) is 0.300. The second-order valence-corrected chi connectivity index (χ2v) is 2.99. The highest BCUT2D eigenvalue weighted by Crippen LogP contribution is 2.15. The predicted molar refractivity (Wildman–Crippen MR) is 52.0 cm³/mol. The van der Waals surface area contributed by atoms with Crippen LogP contribution in [0.2, 0.25) is 0 Å². The van der Waals surface area contributed by atoms with E-state index in [9.17, 15) is 18.0 Å². The smallest absolute Gasteiger partial charge is 0.293 e. The minimum absolute atomic E-state index is 0.151. The van der Waals surface area contributed by atoms with Gasteiger partial charge in [-0.25, -0.2) is 13.2 Å². The second kappa shape index (κ2) is 6.09. The third kappa shape index (κ3) is 4.31. The number of carbonyl (C=O) groups is 1. The van der Waals surface area contributed by atoms with Gasteiger partial charge >= 0.3 is 0 Å². The zero-order valence-electron chi connectivity index (χ0n) is 8.55. The maximum atomic E-state index is 12.6. The number of hydrogen-bond acceptors (Lipinski definition) is 3. The van der Waals surface area contributed by atoms with Crippen LogP contribution in [0.25, 0.3) is 0 Å². The van der Waals surface area contributed by atoms with E-state index in [1.54, 1.807) is 18.2 Å². The van der Waals surface area contributed by atoms with Crippen LogP contribution >= 0.6 is 0 Å². The number of benzene rings is 1. The number of carbonyl (C=O) groups excluding carboxylic acids is 1. The summed E-state index contributed by atoms with van der Waals surface area (Å²) in [7, 11) is 0. The largest absolute Gasteiger partial charge is 0.455 e. The molecule has 0 aromatic heterocycles. The van der Waals surface area contributed by atoms with Crippen molar-refractivity contribution in [1.29, 1.82) is 0 Å². The number of alkyl halides is 3. The standard InChI is InChI=1S/C10H10F3NO3/c11-7(12)8(13)17-10(9(14)15)16-6-4-2-1-3-5-6/h1-5,7-8,10H,(H2,14,15). The molecule has 0 spiro atoms. The molecule has 7 heteroatoms. The molecule has 2 N–H and O–H groups in total. The van der Waals surface area contributed by atoms with Crippen LogP contribution in [-0.4, -0.2) is 25.0 Å². The SMILES string of the molecule is NC(=O)C(Oc1ccccc1)OC(F)C(F)F. The lowest BCUT2D eigenvalue weighted by molar-refractivity contribution is -0.207. The maximum Gasteiger partial charge on any atom is 0.293 e. The molecule has 0 bridgehead atoms. The van der Waals surface area contributed by atoms with Crippen LogP contribution in [0.4, 0.5) is 13.2 Å². The van der Waals surface area contributed by atoms with Gasteiger partial charge in [-0.05, 0) is 12.1 Å². The monoisotopic (exact) mass is 249 g/mol. The molecule has 0 saturated heterocycles. The quantitative estimate of drug-likeness (QED) is 0.776. The number of amides is 1. The summed E-state index contributed by atoms with van der Waals surface area (Å²) in [5, 5.41) is 0. The number of primary amides is 1. The molecule has 0 saturated carbocycles. The molecule has 0 aliphatic carbocycles. The summed E-state index contributed by atoms with van der Waals surface area (Å²) in [6.45, 7) is 0. The van der Waals surface area contributed by atoms with E-state index in [4.69, 9.17) is 10.5 Å². The predicted octanol–water partition coefficient (Wildman–Crippen LogP) is 1.45. The van der Waals surface area contributed by atoms with Crippen molar-refractivity contribution in [3.05, 3.63) is 30.3 Å². The average molecular weight is 249 g/mol. The van der Waals surface area contributed by atoms with Crippen LogP contribution in [0.1, 0.15) is 0 Å². The lowest BCUT2D eigenvalue weighted by Crippen LogP contribution is -2.39. The lowest BCUT2D eigenvalue weighted by atomic mass is 10.3. The van der Waals surface area contributed by atoms with Crippen molar-refractivity contribution in [2.45, 2.75) is 19.1 Å². The first-order valence-electron chi connectivity index (χ1n) is 4.59. The summed E-state index contributed by atoms with van der Waals surface area (Å²) < 4.78 is 45.2. The summed E-state index contributed by atoms with van der Waals surface area (Å²) in [4.78, 5) is 10.8. The summed E-state index contributed by atoms with van der Waals surface area (Å²) in [6.07, 6.45) is -8.21. The van der Waals surface area contributed by atoms with Gasteiger partial charge in [0.15, 0.2) is 0 Å². The van der Waals surface area contributed by atoms with Gasteiger partial charge < -0.3 is 10.5 Å². The van der Waals surface area contributed by atoms with E-state index in [2.05, 4.69) is 4.74 Å². The molecule has 1 amide bonds. The van der Waals surface area contributed by atoms with Gasteiger partial charge in [-0.3, -0.25) is 9.53 Å². The van der Waals surface area contributed by atoms with Crippen molar-refractivity contribution in [2.75, 3.05) is 0 Å². The average Bonchev–Trinajstić information content (AvgIpc) is 2.29. The van der Waals surface area contributed by atoms with Gasteiger partial charge in [0.2, 0.25) is 0 Å². The van der Waals surface area contributed by atoms with Gasteiger partial charge in [0.1, 0.15) is 5.75 Å². The van der Waals surface area contributed by atoms with E-state index in [1.807, 2.05) is 0 Å². The van der Waals surface area contributed by atoms with E-state index < -0.39 is 25.0 Å². The number of halogens is 3. The highest BCUT2D eigenvalue weighted by atomic mass is 19.3. The maximum absolute atomic E-state index is 12.6. The Bertz CT molecular complexity index is 361. The summed E-state index contributed by atoms with van der Waals surface area (Å²) in [5.74, 6) is -1.05. The molecule has 1 aromatic rings. The normalized spacial score (nSPS) is 14.4. The Hall–Kier alpha value is -1.76. The van der Waals surface area contributed by atoms with Gasteiger partial charge in [0.05, 0.1) is 0 Å². The third-order valence-corrected chi connectivity index (χ3v) is 1.67. The van der Waals surface area contributed by atoms with E-state index >= 15 is 0 Å². The van der Waals surface area contributed by atoms with Crippen LogP contribution < -0.4 is 10.5 Å². The summed E-state index contributed by atoms with van der Waals surface area (Å²) >= 11 is 0. The van der Waals surface area contributed by atoms with E-state index in [0.29, 0.717) is 0 Å². The fourth-order valence-corrected chi connectivity index (χ4v) is 0.953. The summed E-state index contributed by atoms with van der Waals surface area (Å²) in [6, 6.07) is 7.70. The molecule has 0 heterocycles. The molecule has 2 atom stereocenters. The fourth-order valence-electron chi connectivity index (χ4n) is 0.953. The van der Waals surface area contributed by atoms with E-state index in [-0.39, 0.29) is 5.75 Å². The first kappa shape index (κ1) is 13.3. The molecule has 1 aromatic carbocycles. The number of rotatable bonds is 6. The van der Waals surface area contributed by atoms with Gasteiger partial charge in [-0.2, -0.15) is 0 Å². The Labute approximate surface area is 95.1 Å². The highest BCUT2D eigenvalue weighted by Gasteiger charge is 2.28. The second-order valence-electron chi connectivity index (χ2n) is 2.99. The molecular formula is C10H10F3NO3. The first-order chi connectivity index (χ1) is 8.00. The Kier molecular flexibility index (Phi) is 4.77. The zero-order chi connectivity index (χ0) is 12.8. The van der Waals surface area contributed by atoms with Crippen molar-refractivity contribution in [2.24, 2.45) is 5.73 Å². The Morgan fingerprint density at radius 2 is 1.76 bits per heavy atom. The lowest BCUT2D eigenvalue weighted by Gasteiger charge is -2.18. The van der Waals surface area contributed by atoms with Gasteiger partial charge in [-0.15, -0.1) is 0 Å². The molecule has 2 unspecified atom stereocenters. The molecule has 17 heavy (non-hydrogen) atoms. The van der Waals surface area contributed by atoms with E-state index in [0.717, 1.165) is 0 Å². The molecule has 1 rings (SSSR count). The van der Waals surface area contributed by atoms with Gasteiger partial charge in [-0.1, -0.05) is 18.2 Å². The van der Waals surface area contributed by atoms with Crippen LogP contribution in [0.3, 0.4) is 0 Å². The van der Waals surface area contributed by atoms with Crippen molar-refractivity contribution in [3.63, 3.8) is 0 Å². The highest BCUT2D eigenvalue weighted by molar-refractivity contribution is 5.77. The number of para-hydroxylation sites is 1. The number of ether oxygens (including phenoxy) is 2. The number of nitrogens with two attached hydrogens (primary N) is 1. The molecule has 4 nitrogen and oxygen atoms in total. The molecule has 0 aliphatic heterocycles. The molecule has 94 valence electrons. The summed E-state index contributed by atoms with van der Waals surface area (Å²) in [5.41, 5.74) is 4.83. The first-order valence-corrected chi connectivity index (χ1v) is 4.59. The van der Waals surface area contributed by atoms with Crippen LogP contribution in [0.15, 0.2) is 30.3 Å². The molecule has 0 fully saturated rings. The van der Waals surface area contributed by atoms with Gasteiger partial charge in [0.25, 0.3) is 25.0 Å². The third-order valence-electron chi connectivity index (χ3n) is 1.67. The van der Waals surface area contributed by atoms with Crippen molar-refractivity contribution in [3.8, 4) is 5.75 Å². The number of hydrogen-bond donors (Lipinski definition) is 1. The van der Waals surface area contributed by atoms with Crippen molar-refractivity contribution in [1.82, 2.24) is 0 Å². The molecular weight excluding hydrogens is 239 g/mol. The minimum Gasteiger partial charge on any atom is -0.455 e. The zero-order valence-corrected chi connectivity index (χ0v) is 8.55. The molecule has 0 aliphatic rings.